The number of benzene rings is 1. The molecule has 6 heteroatoms. The minimum atomic E-state index is -4.38. The normalized spacial score (nSPS) is 20.3. The zero-order chi connectivity index (χ0) is 13.9. The van der Waals surface area contributed by atoms with Gasteiger partial charge in [-0.3, -0.25) is 0 Å². The SMILES string of the molecule is Nc1ccc(NCC2CCCCS2)c(C(F)(F)F)c1. The summed E-state index contributed by atoms with van der Waals surface area (Å²) in [5.41, 5.74) is 4.99. The van der Waals surface area contributed by atoms with Gasteiger partial charge >= 0.3 is 6.18 Å². The topological polar surface area (TPSA) is 38.0 Å². The van der Waals surface area contributed by atoms with Gasteiger partial charge in [0, 0.05) is 23.2 Å². The number of nitrogens with one attached hydrogen (secondary N) is 1. The molecule has 1 aliphatic heterocycles. The molecule has 0 aliphatic carbocycles. The highest BCUT2D eigenvalue weighted by atomic mass is 32.2. The van der Waals surface area contributed by atoms with Crippen LogP contribution in [0.3, 0.4) is 0 Å². The lowest BCUT2D eigenvalue weighted by atomic mass is 10.1. The Labute approximate surface area is 114 Å². The van der Waals surface area contributed by atoms with Crippen LogP contribution in [0.25, 0.3) is 0 Å². The minimum Gasteiger partial charge on any atom is -0.399 e. The molecule has 1 aromatic rings. The van der Waals surface area contributed by atoms with Gasteiger partial charge in [-0.25, -0.2) is 0 Å². The average molecular weight is 290 g/mol. The van der Waals surface area contributed by atoms with Crippen LogP contribution in [0.4, 0.5) is 24.5 Å². The molecule has 2 nitrogen and oxygen atoms in total. The molecule has 1 fully saturated rings. The van der Waals surface area contributed by atoms with Crippen molar-refractivity contribution in [1.82, 2.24) is 0 Å². The summed E-state index contributed by atoms with van der Waals surface area (Å²) < 4.78 is 38.7. The monoisotopic (exact) mass is 290 g/mol. The summed E-state index contributed by atoms with van der Waals surface area (Å²) in [6.07, 6.45) is -0.949. The molecule has 0 amide bonds. The van der Waals surface area contributed by atoms with Gasteiger partial charge in [-0.05, 0) is 36.8 Å². The van der Waals surface area contributed by atoms with Crippen molar-refractivity contribution in [2.24, 2.45) is 0 Å². The van der Waals surface area contributed by atoms with Gasteiger partial charge in [-0.1, -0.05) is 6.42 Å². The fourth-order valence-corrected chi connectivity index (χ4v) is 3.38. The summed E-state index contributed by atoms with van der Waals surface area (Å²) in [4.78, 5) is 0. The van der Waals surface area contributed by atoms with Crippen molar-refractivity contribution in [2.75, 3.05) is 23.3 Å². The number of hydrogen-bond acceptors (Lipinski definition) is 3. The molecule has 19 heavy (non-hydrogen) atoms. The van der Waals surface area contributed by atoms with Crippen molar-refractivity contribution in [3.05, 3.63) is 23.8 Å². The predicted octanol–water partition coefficient (Wildman–Crippen LogP) is 3.99. The third-order valence-electron chi connectivity index (χ3n) is 3.14. The first kappa shape index (κ1) is 14.4. The maximum Gasteiger partial charge on any atom is 0.418 e. The number of alkyl halides is 3. The predicted molar refractivity (Wildman–Crippen MR) is 74.4 cm³/mol. The van der Waals surface area contributed by atoms with E-state index in [0.29, 0.717) is 11.8 Å². The van der Waals surface area contributed by atoms with Crippen molar-refractivity contribution in [2.45, 2.75) is 30.7 Å². The standard InChI is InChI=1S/C13H17F3N2S/c14-13(15,16)11-7-9(17)4-5-12(11)18-8-10-3-1-2-6-19-10/h4-5,7,10,18H,1-3,6,8,17H2. The lowest BCUT2D eigenvalue weighted by Gasteiger charge is -2.23. The molecule has 2 rings (SSSR count). The Bertz CT molecular complexity index is 428. The van der Waals surface area contributed by atoms with Gasteiger partial charge in [0.25, 0.3) is 0 Å². The molecule has 0 bridgehead atoms. The van der Waals surface area contributed by atoms with Gasteiger partial charge in [0.15, 0.2) is 0 Å². The molecular formula is C13H17F3N2S. The van der Waals surface area contributed by atoms with Crippen LogP contribution in [0.2, 0.25) is 0 Å². The van der Waals surface area contributed by atoms with E-state index < -0.39 is 11.7 Å². The molecule has 1 unspecified atom stereocenters. The maximum absolute atomic E-state index is 12.9. The quantitative estimate of drug-likeness (QED) is 0.827. The lowest BCUT2D eigenvalue weighted by molar-refractivity contribution is -0.136. The van der Waals surface area contributed by atoms with Gasteiger partial charge in [0.2, 0.25) is 0 Å². The molecule has 106 valence electrons. The molecule has 0 saturated carbocycles. The van der Waals surface area contributed by atoms with Gasteiger partial charge in [-0.15, -0.1) is 0 Å². The van der Waals surface area contributed by atoms with E-state index in [4.69, 9.17) is 5.73 Å². The molecule has 1 saturated heterocycles. The maximum atomic E-state index is 12.9. The number of nitrogens with two attached hydrogens (primary N) is 1. The molecule has 1 aliphatic rings. The fourth-order valence-electron chi connectivity index (χ4n) is 2.14. The van der Waals surface area contributed by atoms with Crippen LogP contribution in [-0.2, 0) is 6.18 Å². The zero-order valence-corrected chi connectivity index (χ0v) is 11.3. The average Bonchev–Trinajstić information content (AvgIpc) is 2.37. The number of thioether (sulfide) groups is 1. The van der Waals surface area contributed by atoms with Crippen molar-refractivity contribution < 1.29 is 13.2 Å². The summed E-state index contributed by atoms with van der Waals surface area (Å²) in [6, 6.07) is 3.88. The third-order valence-corrected chi connectivity index (χ3v) is 4.54. The van der Waals surface area contributed by atoms with Crippen LogP contribution >= 0.6 is 11.8 Å². The highest BCUT2D eigenvalue weighted by Crippen LogP contribution is 2.36. The van der Waals surface area contributed by atoms with Crippen LogP contribution in [0.1, 0.15) is 24.8 Å². The number of halogens is 3. The summed E-state index contributed by atoms with van der Waals surface area (Å²) >= 11 is 1.83. The summed E-state index contributed by atoms with van der Waals surface area (Å²) in [7, 11) is 0. The van der Waals surface area contributed by atoms with Crippen LogP contribution in [0.15, 0.2) is 18.2 Å². The second-order valence-electron chi connectivity index (χ2n) is 4.67. The van der Waals surface area contributed by atoms with Gasteiger partial charge < -0.3 is 11.1 Å². The molecule has 1 aromatic carbocycles. The minimum absolute atomic E-state index is 0.118. The number of hydrogen-bond donors (Lipinski definition) is 2. The fraction of sp³-hybridized carbons (Fsp3) is 0.538. The second-order valence-corrected chi connectivity index (χ2v) is 6.08. The zero-order valence-electron chi connectivity index (χ0n) is 10.5. The van der Waals surface area contributed by atoms with E-state index >= 15 is 0 Å². The summed E-state index contributed by atoms with van der Waals surface area (Å²) in [6.45, 7) is 0.567. The Morgan fingerprint density at radius 2 is 2.11 bits per heavy atom. The highest BCUT2D eigenvalue weighted by Gasteiger charge is 2.33. The van der Waals surface area contributed by atoms with Crippen molar-refractivity contribution in [1.29, 1.82) is 0 Å². The first-order chi connectivity index (χ1) is 8.97. The first-order valence-corrected chi connectivity index (χ1v) is 7.34. The molecular weight excluding hydrogens is 273 g/mol. The van der Waals surface area contributed by atoms with E-state index in [0.717, 1.165) is 24.7 Å². The van der Waals surface area contributed by atoms with Gasteiger partial charge in [0.05, 0.1) is 5.56 Å². The summed E-state index contributed by atoms with van der Waals surface area (Å²) in [5.74, 6) is 1.10. The van der Waals surface area contributed by atoms with Crippen molar-refractivity contribution in [3.63, 3.8) is 0 Å². The smallest absolute Gasteiger partial charge is 0.399 e. The molecule has 0 spiro atoms. The molecule has 3 N–H and O–H groups in total. The van der Waals surface area contributed by atoms with E-state index in [9.17, 15) is 13.2 Å². The number of anilines is 2. The Morgan fingerprint density at radius 3 is 2.74 bits per heavy atom. The molecule has 1 heterocycles. The Hall–Kier alpha value is -1.04. The van der Waals surface area contributed by atoms with E-state index in [1.54, 1.807) is 0 Å². The number of rotatable bonds is 3. The van der Waals surface area contributed by atoms with Crippen LogP contribution in [0.5, 0.6) is 0 Å². The third kappa shape index (κ3) is 3.96. The van der Waals surface area contributed by atoms with Crippen LogP contribution in [-0.4, -0.2) is 17.5 Å². The van der Waals surface area contributed by atoms with Crippen molar-refractivity contribution >= 4 is 23.1 Å². The van der Waals surface area contributed by atoms with Crippen LogP contribution in [0, 0.1) is 0 Å². The lowest BCUT2D eigenvalue weighted by Crippen LogP contribution is -2.21. The van der Waals surface area contributed by atoms with Gasteiger partial charge in [-0.2, -0.15) is 24.9 Å². The Balaban J connectivity index is 2.06. The Morgan fingerprint density at radius 1 is 1.32 bits per heavy atom. The second kappa shape index (κ2) is 5.94. The van der Waals surface area contributed by atoms with Gasteiger partial charge in [0.1, 0.15) is 0 Å². The molecule has 0 radical (unpaired) electrons. The first-order valence-electron chi connectivity index (χ1n) is 6.29. The Kier molecular flexibility index (Phi) is 4.50. The summed E-state index contributed by atoms with van der Waals surface area (Å²) in [5, 5.41) is 3.32. The van der Waals surface area contributed by atoms with Crippen molar-refractivity contribution in [3.8, 4) is 0 Å². The number of nitrogen functional groups attached to an aromatic ring is 1. The highest BCUT2D eigenvalue weighted by molar-refractivity contribution is 7.99. The van der Waals surface area contributed by atoms with E-state index in [-0.39, 0.29) is 11.4 Å². The van der Waals surface area contributed by atoms with Crippen LogP contribution < -0.4 is 11.1 Å². The largest absolute Gasteiger partial charge is 0.418 e. The molecule has 1 atom stereocenters. The van der Waals surface area contributed by atoms with E-state index in [1.807, 2.05) is 11.8 Å². The van der Waals surface area contributed by atoms with E-state index in [1.165, 1.54) is 18.6 Å². The van der Waals surface area contributed by atoms with E-state index in [2.05, 4.69) is 5.32 Å². The molecule has 0 aromatic heterocycles.